The maximum atomic E-state index is 12.9. The molecule has 1 aliphatic rings. The number of likely N-dealkylation sites (tertiary alicyclic amines) is 1. The first-order valence-electron chi connectivity index (χ1n) is 9.21. The summed E-state index contributed by atoms with van der Waals surface area (Å²) in [7, 11) is 0. The Hall–Kier alpha value is -3.66. The molecular formula is C21H19N5O2. The summed E-state index contributed by atoms with van der Waals surface area (Å²) in [5.74, 6) is 0.961. The number of nitriles is 1. The van der Waals surface area contributed by atoms with Crippen molar-refractivity contribution in [3.8, 4) is 17.5 Å². The van der Waals surface area contributed by atoms with E-state index in [2.05, 4.69) is 21.5 Å². The van der Waals surface area contributed by atoms with E-state index in [-0.39, 0.29) is 12.1 Å². The predicted molar refractivity (Wildman–Crippen MR) is 103 cm³/mol. The van der Waals surface area contributed by atoms with E-state index in [4.69, 9.17) is 9.78 Å². The molecule has 0 spiro atoms. The van der Waals surface area contributed by atoms with E-state index in [9.17, 15) is 4.79 Å². The molecule has 1 aliphatic heterocycles. The lowest BCUT2D eigenvalue weighted by atomic mass is 10.0. The summed E-state index contributed by atoms with van der Waals surface area (Å²) in [6.45, 7) is 0.609. The number of amides is 2. The van der Waals surface area contributed by atoms with Gasteiger partial charge in [-0.05, 0) is 37.5 Å². The van der Waals surface area contributed by atoms with Crippen molar-refractivity contribution in [3.05, 3.63) is 66.1 Å². The van der Waals surface area contributed by atoms with Crippen molar-refractivity contribution in [3.63, 3.8) is 0 Å². The monoisotopic (exact) mass is 373 g/mol. The zero-order chi connectivity index (χ0) is 19.3. The highest BCUT2D eigenvalue weighted by molar-refractivity contribution is 5.89. The van der Waals surface area contributed by atoms with E-state index in [1.807, 2.05) is 30.3 Å². The number of carbonyl (C=O) groups is 1. The maximum Gasteiger partial charge on any atom is 0.322 e. The van der Waals surface area contributed by atoms with Crippen LogP contribution in [0.4, 0.5) is 10.5 Å². The van der Waals surface area contributed by atoms with E-state index in [1.54, 1.807) is 29.2 Å². The Morgan fingerprint density at radius 1 is 1.18 bits per heavy atom. The first kappa shape index (κ1) is 17.7. The Bertz CT molecular complexity index is 1010. The van der Waals surface area contributed by atoms with Gasteiger partial charge in [0.2, 0.25) is 11.7 Å². The van der Waals surface area contributed by atoms with Gasteiger partial charge in [-0.2, -0.15) is 10.2 Å². The number of nitrogens with one attached hydrogen (secondary N) is 1. The van der Waals surface area contributed by atoms with Crippen molar-refractivity contribution in [2.45, 2.75) is 25.3 Å². The zero-order valence-corrected chi connectivity index (χ0v) is 15.2. The van der Waals surface area contributed by atoms with Gasteiger partial charge < -0.3 is 14.7 Å². The van der Waals surface area contributed by atoms with Crippen molar-refractivity contribution in [2.24, 2.45) is 0 Å². The third-order valence-corrected chi connectivity index (χ3v) is 4.77. The fourth-order valence-corrected chi connectivity index (χ4v) is 3.37. The van der Waals surface area contributed by atoms with E-state index < -0.39 is 0 Å². The lowest BCUT2D eigenvalue weighted by Gasteiger charge is -2.33. The van der Waals surface area contributed by atoms with Gasteiger partial charge in [-0.25, -0.2) is 4.79 Å². The van der Waals surface area contributed by atoms with Gasteiger partial charge in [0.25, 0.3) is 0 Å². The van der Waals surface area contributed by atoms with Gasteiger partial charge in [-0.3, -0.25) is 0 Å². The maximum absolute atomic E-state index is 12.9. The van der Waals surface area contributed by atoms with Crippen LogP contribution in [0.1, 0.15) is 36.8 Å². The fraction of sp³-hybridized carbons (Fsp3) is 0.238. The summed E-state index contributed by atoms with van der Waals surface area (Å²) in [6, 6.07) is 18.0. The summed E-state index contributed by atoms with van der Waals surface area (Å²) in [6.07, 6.45) is 2.67. The third-order valence-electron chi connectivity index (χ3n) is 4.77. The molecule has 2 aromatic carbocycles. The molecule has 140 valence electrons. The minimum Gasteiger partial charge on any atom is -0.337 e. The number of rotatable bonds is 3. The Morgan fingerprint density at radius 3 is 2.86 bits per heavy atom. The van der Waals surface area contributed by atoms with Crippen LogP contribution in [0.2, 0.25) is 0 Å². The van der Waals surface area contributed by atoms with Crippen molar-refractivity contribution in [2.75, 3.05) is 11.9 Å². The van der Waals surface area contributed by atoms with Gasteiger partial charge in [0.05, 0.1) is 11.6 Å². The molecule has 7 heteroatoms. The number of anilines is 1. The summed E-state index contributed by atoms with van der Waals surface area (Å²) in [4.78, 5) is 19.1. The number of benzene rings is 2. The second-order valence-electron chi connectivity index (χ2n) is 6.65. The number of carbonyl (C=O) groups excluding carboxylic acids is 1. The number of hydrogen-bond donors (Lipinski definition) is 1. The summed E-state index contributed by atoms with van der Waals surface area (Å²) in [5, 5.41) is 16.0. The SMILES string of the molecule is N#Cc1cccc(NC(=O)N2CCCC[C@H]2c2nc(-c3ccccc3)no2)c1. The van der Waals surface area contributed by atoms with Crippen LogP contribution in [0.3, 0.4) is 0 Å². The molecule has 1 saturated heterocycles. The Labute approximate surface area is 162 Å². The highest BCUT2D eigenvalue weighted by Crippen LogP contribution is 2.31. The molecule has 0 saturated carbocycles. The van der Waals surface area contributed by atoms with Crippen molar-refractivity contribution in [1.29, 1.82) is 5.26 Å². The number of hydrogen-bond acceptors (Lipinski definition) is 5. The fourth-order valence-electron chi connectivity index (χ4n) is 3.37. The third kappa shape index (κ3) is 3.71. The molecule has 1 fully saturated rings. The molecule has 0 aliphatic carbocycles. The predicted octanol–water partition coefficient (Wildman–Crippen LogP) is 4.37. The van der Waals surface area contributed by atoms with Crippen molar-refractivity contribution < 1.29 is 9.32 Å². The summed E-state index contributed by atoms with van der Waals surface area (Å²) < 4.78 is 5.50. The molecule has 0 unspecified atom stereocenters. The molecule has 2 amide bonds. The minimum absolute atomic E-state index is 0.237. The molecular weight excluding hydrogens is 354 g/mol. The first-order valence-corrected chi connectivity index (χ1v) is 9.21. The summed E-state index contributed by atoms with van der Waals surface area (Å²) >= 11 is 0. The van der Waals surface area contributed by atoms with Crippen LogP contribution < -0.4 is 5.32 Å². The molecule has 1 aromatic heterocycles. The number of aromatic nitrogens is 2. The minimum atomic E-state index is -0.266. The van der Waals surface area contributed by atoms with E-state index in [0.717, 1.165) is 24.8 Å². The average molecular weight is 373 g/mol. The van der Waals surface area contributed by atoms with Gasteiger partial charge in [-0.1, -0.05) is 41.6 Å². The van der Waals surface area contributed by atoms with Gasteiger partial charge in [-0.15, -0.1) is 0 Å². The molecule has 28 heavy (non-hydrogen) atoms. The molecule has 3 aromatic rings. The van der Waals surface area contributed by atoms with E-state index in [0.29, 0.717) is 29.5 Å². The van der Waals surface area contributed by atoms with Crippen LogP contribution in [0.15, 0.2) is 59.1 Å². The molecule has 0 radical (unpaired) electrons. The second kappa shape index (κ2) is 7.92. The van der Waals surface area contributed by atoms with Crippen LogP contribution in [0, 0.1) is 11.3 Å². The number of urea groups is 1. The standard InChI is InChI=1S/C21H19N5O2/c22-14-15-7-6-10-17(13-15)23-21(27)26-12-5-4-11-18(26)20-24-19(25-28-20)16-8-2-1-3-9-16/h1-3,6-10,13,18H,4-5,11-12H2,(H,23,27)/t18-/m0/s1. The normalized spacial score (nSPS) is 16.4. The zero-order valence-electron chi connectivity index (χ0n) is 15.2. The average Bonchev–Trinajstić information content (AvgIpc) is 3.25. The molecule has 1 N–H and O–H groups in total. The topological polar surface area (TPSA) is 95.1 Å². The molecule has 1 atom stereocenters. The first-order chi connectivity index (χ1) is 13.7. The van der Waals surface area contributed by atoms with E-state index in [1.165, 1.54) is 0 Å². The number of piperidine rings is 1. The molecule has 0 bridgehead atoms. The van der Waals surface area contributed by atoms with Gasteiger partial charge in [0, 0.05) is 17.8 Å². The smallest absolute Gasteiger partial charge is 0.322 e. The van der Waals surface area contributed by atoms with Crippen LogP contribution in [-0.2, 0) is 0 Å². The van der Waals surface area contributed by atoms with Crippen LogP contribution in [0.5, 0.6) is 0 Å². The number of nitrogens with zero attached hydrogens (tertiary/aromatic N) is 4. The van der Waals surface area contributed by atoms with Crippen LogP contribution in [0.25, 0.3) is 11.4 Å². The Kier molecular flexibility index (Phi) is 5.02. The van der Waals surface area contributed by atoms with Gasteiger partial charge in [0.1, 0.15) is 6.04 Å². The van der Waals surface area contributed by atoms with Gasteiger partial charge >= 0.3 is 6.03 Å². The van der Waals surface area contributed by atoms with E-state index >= 15 is 0 Å². The molecule has 7 nitrogen and oxygen atoms in total. The van der Waals surface area contributed by atoms with Crippen LogP contribution in [-0.4, -0.2) is 27.6 Å². The second-order valence-corrected chi connectivity index (χ2v) is 6.65. The molecule has 4 rings (SSSR count). The summed E-state index contributed by atoms with van der Waals surface area (Å²) in [5.41, 5.74) is 1.96. The lowest BCUT2D eigenvalue weighted by molar-refractivity contribution is 0.142. The lowest BCUT2D eigenvalue weighted by Crippen LogP contribution is -2.41. The quantitative estimate of drug-likeness (QED) is 0.736. The van der Waals surface area contributed by atoms with Crippen molar-refractivity contribution in [1.82, 2.24) is 15.0 Å². The highest BCUT2D eigenvalue weighted by Gasteiger charge is 2.32. The molecule has 2 heterocycles. The van der Waals surface area contributed by atoms with Gasteiger partial charge in [0.15, 0.2) is 0 Å². The highest BCUT2D eigenvalue weighted by atomic mass is 16.5. The Morgan fingerprint density at radius 2 is 2.04 bits per heavy atom. The Balaban J connectivity index is 1.54. The largest absolute Gasteiger partial charge is 0.337 e. The van der Waals surface area contributed by atoms with Crippen molar-refractivity contribution >= 4 is 11.7 Å². The van der Waals surface area contributed by atoms with Crippen LogP contribution >= 0.6 is 0 Å².